The molecule has 1 amide bonds. The van der Waals surface area contributed by atoms with Crippen molar-refractivity contribution >= 4 is 34.5 Å². The van der Waals surface area contributed by atoms with Crippen LogP contribution in [-0.2, 0) is 23.9 Å². The van der Waals surface area contributed by atoms with E-state index in [0.29, 0.717) is 35.7 Å². The van der Waals surface area contributed by atoms with Gasteiger partial charge in [0.05, 0.1) is 23.4 Å². The highest BCUT2D eigenvalue weighted by molar-refractivity contribution is 8.13. The lowest BCUT2D eigenvalue weighted by Gasteiger charge is -2.40. The predicted molar refractivity (Wildman–Crippen MR) is 112 cm³/mol. The minimum atomic E-state index is -0.981. The van der Waals surface area contributed by atoms with Crippen molar-refractivity contribution in [3.05, 3.63) is 22.5 Å². The van der Waals surface area contributed by atoms with Crippen LogP contribution in [0.3, 0.4) is 0 Å². The van der Waals surface area contributed by atoms with Crippen LogP contribution in [0.1, 0.15) is 13.8 Å². The molecule has 3 N–H and O–H groups in total. The highest BCUT2D eigenvalue weighted by Crippen LogP contribution is 2.59. The number of carbonyl (C=O) groups excluding carboxylic acids is 4. The molecule has 10 nitrogen and oxygen atoms in total. The summed E-state index contributed by atoms with van der Waals surface area (Å²) in [5, 5.41) is 3.01. The quantitative estimate of drug-likeness (QED) is 0.300. The zero-order valence-electron chi connectivity index (χ0n) is 17.9. The summed E-state index contributed by atoms with van der Waals surface area (Å²) in [6.07, 6.45) is -0.952. The lowest BCUT2D eigenvalue weighted by Crippen LogP contribution is -2.55. The third-order valence-corrected chi connectivity index (χ3v) is 7.47. The van der Waals surface area contributed by atoms with Crippen LogP contribution >= 0.6 is 11.8 Å². The normalized spacial score (nSPS) is 33.4. The Hall–Kier alpha value is -2.37. The maximum atomic E-state index is 13.6. The van der Waals surface area contributed by atoms with Crippen LogP contribution in [0.4, 0.5) is 4.79 Å². The van der Waals surface area contributed by atoms with E-state index in [1.165, 1.54) is 6.92 Å². The summed E-state index contributed by atoms with van der Waals surface area (Å²) in [4.78, 5) is 53.5. The molecule has 0 aromatic rings. The zero-order valence-corrected chi connectivity index (χ0v) is 18.7. The number of hydrogen-bond donors (Lipinski definition) is 2. The second-order valence-corrected chi connectivity index (χ2v) is 9.39. The van der Waals surface area contributed by atoms with Crippen molar-refractivity contribution in [2.24, 2.45) is 11.7 Å². The standard InChI is InChI=1S/C20H26N4O6S/c1-9-14(22-5-6-31-10(2)25)17(27)13-11(8-30-19(21)28)20(29-4)18-12(23(18)3)7-24(20)15(13)16(9)26/h11-12,18,22H,5-8H2,1-4H3,(H2,21,28)/t11-,12+,18+,20-,23?/m1/s1. The van der Waals surface area contributed by atoms with E-state index >= 15 is 0 Å². The van der Waals surface area contributed by atoms with Crippen LogP contribution in [-0.4, -0.2) is 90.0 Å². The number of nitrogens with zero attached hydrogens (tertiary/aromatic N) is 2. The van der Waals surface area contributed by atoms with E-state index in [1.54, 1.807) is 14.0 Å². The maximum Gasteiger partial charge on any atom is 0.404 e. The van der Waals surface area contributed by atoms with Gasteiger partial charge in [0.1, 0.15) is 6.61 Å². The van der Waals surface area contributed by atoms with E-state index in [2.05, 4.69) is 10.2 Å². The van der Waals surface area contributed by atoms with Crippen molar-refractivity contribution < 1.29 is 28.7 Å². The van der Waals surface area contributed by atoms with Gasteiger partial charge in [-0.25, -0.2) is 4.79 Å². The maximum absolute atomic E-state index is 13.6. The number of thioether (sulfide) groups is 1. The number of likely N-dealkylation sites (N-methyl/N-ethyl adjacent to an activating group) is 1. The number of piperazine rings is 1. The lowest BCUT2D eigenvalue weighted by atomic mass is 9.82. The van der Waals surface area contributed by atoms with E-state index in [4.69, 9.17) is 15.2 Å². The van der Waals surface area contributed by atoms with Gasteiger partial charge in [-0.2, -0.15) is 0 Å². The molecular weight excluding hydrogens is 424 g/mol. The second kappa shape index (κ2) is 7.64. The molecule has 31 heavy (non-hydrogen) atoms. The molecule has 0 saturated carbocycles. The minimum absolute atomic E-state index is 0.0197. The Kier molecular flexibility index (Phi) is 5.39. The van der Waals surface area contributed by atoms with E-state index in [1.807, 2.05) is 11.9 Å². The number of rotatable bonds is 7. The molecule has 1 aliphatic carbocycles. The first-order chi connectivity index (χ1) is 14.7. The lowest BCUT2D eigenvalue weighted by molar-refractivity contribution is -0.144. The van der Waals surface area contributed by atoms with Gasteiger partial charge in [0, 0.05) is 50.1 Å². The number of ether oxygens (including phenoxy) is 2. The molecule has 3 heterocycles. The Balaban J connectivity index is 1.68. The number of carbonyl (C=O) groups is 4. The zero-order chi connectivity index (χ0) is 22.7. The van der Waals surface area contributed by atoms with Crippen LogP contribution in [0, 0.1) is 5.92 Å². The van der Waals surface area contributed by atoms with Gasteiger partial charge in [-0.3, -0.25) is 19.3 Å². The number of amides is 1. The molecule has 0 aromatic carbocycles. The number of fused-ring (bicyclic) bond motifs is 4. The summed E-state index contributed by atoms with van der Waals surface area (Å²) in [7, 11) is 3.51. The fraction of sp³-hybridized carbons (Fsp3) is 0.600. The van der Waals surface area contributed by atoms with Gasteiger partial charge in [0.15, 0.2) is 10.8 Å². The summed E-state index contributed by atoms with van der Waals surface area (Å²) >= 11 is 1.14. The molecule has 0 spiro atoms. The molecule has 3 aliphatic heterocycles. The summed E-state index contributed by atoms with van der Waals surface area (Å²) in [5.41, 5.74) is 5.38. The van der Waals surface area contributed by atoms with Crippen molar-refractivity contribution in [2.45, 2.75) is 31.7 Å². The number of ketones is 2. The van der Waals surface area contributed by atoms with Gasteiger partial charge in [-0.1, -0.05) is 11.8 Å². The fourth-order valence-corrected chi connectivity index (χ4v) is 5.79. The molecule has 0 radical (unpaired) electrons. The summed E-state index contributed by atoms with van der Waals surface area (Å²) in [6, 6.07) is 0.161. The molecule has 0 aromatic heterocycles. The Morgan fingerprint density at radius 2 is 2.03 bits per heavy atom. The smallest absolute Gasteiger partial charge is 0.404 e. The van der Waals surface area contributed by atoms with Crippen molar-refractivity contribution in [3.8, 4) is 0 Å². The second-order valence-electron chi connectivity index (χ2n) is 8.11. The van der Waals surface area contributed by atoms with Crippen LogP contribution in [0.15, 0.2) is 22.5 Å². The van der Waals surface area contributed by atoms with Crippen LogP contribution < -0.4 is 11.1 Å². The van der Waals surface area contributed by atoms with E-state index in [-0.39, 0.29) is 41.1 Å². The number of primary amides is 1. The van der Waals surface area contributed by atoms with Crippen LogP contribution in [0.2, 0.25) is 0 Å². The van der Waals surface area contributed by atoms with Gasteiger partial charge in [0.25, 0.3) is 0 Å². The fourth-order valence-electron chi connectivity index (χ4n) is 5.30. The Morgan fingerprint density at radius 1 is 1.32 bits per heavy atom. The predicted octanol–water partition coefficient (Wildman–Crippen LogP) is -0.398. The average molecular weight is 451 g/mol. The van der Waals surface area contributed by atoms with Crippen molar-refractivity contribution in [1.29, 1.82) is 0 Å². The van der Waals surface area contributed by atoms with Crippen molar-refractivity contribution in [1.82, 2.24) is 15.1 Å². The van der Waals surface area contributed by atoms with E-state index in [9.17, 15) is 19.2 Å². The Labute approximate surface area is 184 Å². The van der Waals surface area contributed by atoms with Crippen LogP contribution in [0.5, 0.6) is 0 Å². The first-order valence-corrected chi connectivity index (χ1v) is 11.0. The molecule has 2 saturated heterocycles. The monoisotopic (exact) mass is 450 g/mol. The summed E-state index contributed by atoms with van der Waals surface area (Å²) < 4.78 is 11.1. The van der Waals surface area contributed by atoms with Gasteiger partial charge in [-0.05, 0) is 14.0 Å². The van der Waals surface area contributed by atoms with Gasteiger partial charge >= 0.3 is 6.09 Å². The van der Waals surface area contributed by atoms with Crippen LogP contribution in [0.25, 0.3) is 0 Å². The Bertz CT molecular complexity index is 946. The van der Waals surface area contributed by atoms with E-state index in [0.717, 1.165) is 11.8 Å². The van der Waals surface area contributed by atoms with Gasteiger partial charge in [-0.15, -0.1) is 0 Å². The molecule has 168 valence electrons. The molecular formula is C20H26N4O6S. The first kappa shape index (κ1) is 21.8. The number of methoxy groups -OCH3 is 1. The molecule has 5 atom stereocenters. The highest BCUT2D eigenvalue weighted by Gasteiger charge is 2.75. The first-order valence-electron chi connectivity index (χ1n) is 10.0. The van der Waals surface area contributed by atoms with Crippen molar-refractivity contribution in [2.75, 3.05) is 39.6 Å². The van der Waals surface area contributed by atoms with Gasteiger partial charge in [0.2, 0.25) is 11.6 Å². The highest BCUT2D eigenvalue weighted by atomic mass is 32.2. The number of nitrogens with two attached hydrogens (primary N) is 1. The molecule has 1 unspecified atom stereocenters. The van der Waals surface area contributed by atoms with Gasteiger partial charge < -0.3 is 25.4 Å². The SMILES string of the molecule is CO[C@@]12[C@H](COC(N)=O)C3=C(C(=O)C(C)=C(NCCSC(C)=O)C3=O)N1C[C@H]1[C@@H]2N1C. The molecule has 11 heteroatoms. The number of nitrogens with one attached hydrogen (secondary N) is 1. The Morgan fingerprint density at radius 3 is 2.65 bits per heavy atom. The number of allylic oxidation sites excluding steroid dienone is 2. The van der Waals surface area contributed by atoms with E-state index < -0.39 is 17.7 Å². The minimum Gasteiger partial charge on any atom is -0.449 e. The summed E-state index contributed by atoms with van der Waals surface area (Å²) in [6.45, 7) is 3.83. The number of Topliss-reactive ketones (excluding diaryl/α,β-unsaturated/α-hetero) is 2. The molecule has 4 aliphatic rings. The molecule has 4 rings (SSSR count). The largest absolute Gasteiger partial charge is 0.449 e. The molecule has 0 bridgehead atoms. The topological polar surface area (TPSA) is 131 Å². The number of hydrogen-bond acceptors (Lipinski definition) is 10. The third kappa shape index (κ3) is 3.09. The third-order valence-electron chi connectivity index (χ3n) is 6.66. The van der Waals surface area contributed by atoms with Crippen molar-refractivity contribution in [3.63, 3.8) is 0 Å². The summed E-state index contributed by atoms with van der Waals surface area (Å²) in [5.74, 6) is -0.754. The molecule has 2 fully saturated rings. The average Bonchev–Trinajstić information content (AvgIpc) is 3.09.